The predicted octanol–water partition coefficient (Wildman–Crippen LogP) is 2.32. The van der Waals surface area contributed by atoms with Gasteiger partial charge in [0.15, 0.2) is 0 Å². The Morgan fingerprint density at radius 1 is 1.35 bits per heavy atom. The molecule has 112 valence electrons. The van der Waals surface area contributed by atoms with Crippen LogP contribution in [0.15, 0.2) is 18.2 Å². The molecule has 20 heavy (non-hydrogen) atoms. The average Bonchev–Trinajstić information content (AvgIpc) is 2.56. The van der Waals surface area contributed by atoms with Crippen molar-refractivity contribution in [3.8, 4) is 0 Å². The van der Waals surface area contributed by atoms with Crippen LogP contribution in [0.1, 0.15) is 11.7 Å². The fraction of sp³-hybridized carbons (Fsp3) is 0.538. The Hall–Kier alpha value is -0.330. The summed E-state index contributed by atoms with van der Waals surface area (Å²) in [7, 11) is -3.08. The SMILES string of the molecule is CS(=O)(=O)C[C@@H]1CNCCO[C@@H]1c1ccc(Cl)c(Cl)c1. The molecule has 1 heterocycles. The van der Waals surface area contributed by atoms with E-state index in [0.29, 0.717) is 29.7 Å². The summed E-state index contributed by atoms with van der Waals surface area (Å²) in [4.78, 5) is 0. The molecule has 1 saturated heterocycles. The Balaban J connectivity index is 2.29. The molecule has 0 aromatic heterocycles. The molecule has 2 atom stereocenters. The quantitative estimate of drug-likeness (QED) is 0.919. The summed E-state index contributed by atoms with van der Waals surface area (Å²) >= 11 is 11.9. The third-order valence-electron chi connectivity index (χ3n) is 3.20. The second-order valence-corrected chi connectivity index (χ2v) is 8.02. The van der Waals surface area contributed by atoms with E-state index in [9.17, 15) is 8.42 Å². The zero-order chi connectivity index (χ0) is 14.8. The molecule has 1 aromatic carbocycles. The van der Waals surface area contributed by atoms with Crippen molar-refractivity contribution in [3.05, 3.63) is 33.8 Å². The molecule has 0 amide bonds. The lowest BCUT2D eigenvalue weighted by atomic mass is 9.97. The lowest BCUT2D eigenvalue weighted by Gasteiger charge is -2.24. The van der Waals surface area contributed by atoms with E-state index in [1.54, 1.807) is 12.1 Å². The van der Waals surface area contributed by atoms with Gasteiger partial charge in [0, 0.05) is 25.3 Å². The molecule has 1 aliphatic heterocycles. The summed E-state index contributed by atoms with van der Waals surface area (Å²) in [5, 5.41) is 4.12. The zero-order valence-electron chi connectivity index (χ0n) is 11.1. The fourth-order valence-electron chi connectivity index (χ4n) is 2.38. The smallest absolute Gasteiger partial charge is 0.147 e. The van der Waals surface area contributed by atoms with E-state index in [-0.39, 0.29) is 17.8 Å². The maximum absolute atomic E-state index is 11.6. The highest BCUT2D eigenvalue weighted by molar-refractivity contribution is 7.90. The van der Waals surface area contributed by atoms with Crippen LogP contribution in [0, 0.1) is 5.92 Å². The van der Waals surface area contributed by atoms with Crippen molar-refractivity contribution in [1.29, 1.82) is 0 Å². The highest BCUT2D eigenvalue weighted by Gasteiger charge is 2.29. The van der Waals surface area contributed by atoms with Crippen LogP contribution < -0.4 is 5.32 Å². The first-order valence-corrected chi connectivity index (χ1v) is 9.13. The highest BCUT2D eigenvalue weighted by atomic mass is 35.5. The average molecular weight is 338 g/mol. The Bertz CT molecular complexity index is 577. The number of hydrogen-bond donors (Lipinski definition) is 1. The molecular weight excluding hydrogens is 321 g/mol. The molecule has 1 fully saturated rings. The van der Waals surface area contributed by atoms with Gasteiger partial charge in [-0.15, -0.1) is 0 Å². The van der Waals surface area contributed by atoms with Crippen LogP contribution in [0.3, 0.4) is 0 Å². The molecule has 0 saturated carbocycles. The Kier molecular flexibility index (Phi) is 5.31. The molecule has 1 aromatic rings. The van der Waals surface area contributed by atoms with E-state index >= 15 is 0 Å². The molecule has 7 heteroatoms. The van der Waals surface area contributed by atoms with Gasteiger partial charge in [-0.3, -0.25) is 0 Å². The van der Waals surface area contributed by atoms with Gasteiger partial charge in [-0.1, -0.05) is 29.3 Å². The van der Waals surface area contributed by atoms with Crippen molar-refractivity contribution >= 4 is 33.0 Å². The van der Waals surface area contributed by atoms with Crippen LogP contribution in [0.2, 0.25) is 10.0 Å². The highest BCUT2D eigenvalue weighted by Crippen LogP contribution is 2.32. The number of ether oxygens (including phenoxy) is 1. The lowest BCUT2D eigenvalue weighted by Crippen LogP contribution is -2.30. The first-order chi connectivity index (χ1) is 9.37. The van der Waals surface area contributed by atoms with E-state index in [1.807, 2.05) is 6.07 Å². The molecule has 0 aliphatic carbocycles. The monoisotopic (exact) mass is 337 g/mol. The van der Waals surface area contributed by atoms with E-state index in [1.165, 1.54) is 6.26 Å². The molecule has 0 unspecified atom stereocenters. The Morgan fingerprint density at radius 2 is 2.10 bits per heavy atom. The fourth-order valence-corrected chi connectivity index (χ4v) is 3.76. The number of sulfone groups is 1. The number of benzene rings is 1. The van der Waals surface area contributed by atoms with Crippen molar-refractivity contribution in [1.82, 2.24) is 5.32 Å². The minimum atomic E-state index is -3.08. The molecule has 1 N–H and O–H groups in total. The molecular formula is C13H17Cl2NO3S. The summed E-state index contributed by atoms with van der Waals surface area (Å²) in [6.07, 6.45) is 0.943. The van der Waals surface area contributed by atoms with Crippen LogP contribution in [0.4, 0.5) is 0 Å². The second kappa shape index (κ2) is 6.62. The van der Waals surface area contributed by atoms with Gasteiger partial charge in [-0.05, 0) is 17.7 Å². The summed E-state index contributed by atoms with van der Waals surface area (Å²) in [6, 6.07) is 5.28. The Morgan fingerprint density at radius 3 is 2.75 bits per heavy atom. The van der Waals surface area contributed by atoms with Gasteiger partial charge in [0.1, 0.15) is 9.84 Å². The standard InChI is InChI=1S/C13H17Cl2NO3S/c1-20(17,18)8-10-7-16-4-5-19-13(10)9-2-3-11(14)12(15)6-9/h2-3,6,10,13,16H,4-5,7-8H2,1H3/t10-,13+/m0/s1. The third kappa shape index (κ3) is 4.33. The maximum Gasteiger partial charge on any atom is 0.147 e. The van der Waals surface area contributed by atoms with Crippen molar-refractivity contribution in [2.24, 2.45) is 5.92 Å². The van der Waals surface area contributed by atoms with Crippen molar-refractivity contribution in [2.45, 2.75) is 6.10 Å². The van der Waals surface area contributed by atoms with Crippen LogP contribution in [-0.2, 0) is 14.6 Å². The van der Waals surface area contributed by atoms with Crippen LogP contribution in [0.5, 0.6) is 0 Å². The summed E-state index contributed by atoms with van der Waals surface area (Å²) < 4.78 is 29.0. The molecule has 4 nitrogen and oxygen atoms in total. The van der Waals surface area contributed by atoms with E-state index in [2.05, 4.69) is 5.32 Å². The van der Waals surface area contributed by atoms with Gasteiger partial charge >= 0.3 is 0 Å². The number of nitrogens with one attached hydrogen (secondary N) is 1. The summed E-state index contributed by atoms with van der Waals surface area (Å²) in [6.45, 7) is 1.83. The van der Waals surface area contributed by atoms with Gasteiger partial charge in [-0.2, -0.15) is 0 Å². The molecule has 0 spiro atoms. The number of hydrogen-bond acceptors (Lipinski definition) is 4. The lowest BCUT2D eigenvalue weighted by molar-refractivity contribution is 0.0369. The molecule has 0 radical (unpaired) electrons. The van der Waals surface area contributed by atoms with Crippen LogP contribution in [0.25, 0.3) is 0 Å². The van der Waals surface area contributed by atoms with Gasteiger partial charge in [0.2, 0.25) is 0 Å². The maximum atomic E-state index is 11.6. The number of halogens is 2. The zero-order valence-corrected chi connectivity index (χ0v) is 13.4. The van der Waals surface area contributed by atoms with Gasteiger partial charge in [0.25, 0.3) is 0 Å². The largest absolute Gasteiger partial charge is 0.372 e. The van der Waals surface area contributed by atoms with E-state index in [4.69, 9.17) is 27.9 Å². The van der Waals surface area contributed by atoms with E-state index < -0.39 is 9.84 Å². The van der Waals surface area contributed by atoms with Gasteiger partial charge in [-0.25, -0.2) is 8.42 Å². The molecule has 2 rings (SSSR count). The first kappa shape index (κ1) is 16.0. The van der Waals surface area contributed by atoms with Gasteiger partial charge < -0.3 is 10.1 Å². The first-order valence-electron chi connectivity index (χ1n) is 6.32. The van der Waals surface area contributed by atoms with Gasteiger partial charge in [0.05, 0.1) is 28.5 Å². The van der Waals surface area contributed by atoms with Crippen molar-refractivity contribution in [3.63, 3.8) is 0 Å². The Labute approximate surface area is 129 Å². The summed E-state index contributed by atoms with van der Waals surface area (Å²) in [5.41, 5.74) is 0.858. The molecule has 0 bridgehead atoms. The van der Waals surface area contributed by atoms with Crippen molar-refractivity contribution in [2.75, 3.05) is 31.7 Å². The summed E-state index contributed by atoms with van der Waals surface area (Å²) in [5.74, 6) is -0.0741. The topological polar surface area (TPSA) is 55.4 Å². The van der Waals surface area contributed by atoms with Crippen LogP contribution >= 0.6 is 23.2 Å². The normalized spacial score (nSPS) is 24.4. The van der Waals surface area contributed by atoms with Crippen LogP contribution in [-0.4, -0.2) is 40.1 Å². The second-order valence-electron chi connectivity index (χ2n) is 5.02. The van der Waals surface area contributed by atoms with Crippen molar-refractivity contribution < 1.29 is 13.2 Å². The minimum absolute atomic E-state index is 0.0743. The number of rotatable bonds is 3. The predicted molar refractivity (Wildman–Crippen MR) is 81.2 cm³/mol. The van der Waals surface area contributed by atoms with E-state index in [0.717, 1.165) is 5.56 Å². The minimum Gasteiger partial charge on any atom is -0.372 e. The molecule has 1 aliphatic rings. The third-order valence-corrected chi connectivity index (χ3v) is 4.97.